The van der Waals surface area contributed by atoms with Crippen molar-refractivity contribution in [1.29, 1.82) is 0 Å². The summed E-state index contributed by atoms with van der Waals surface area (Å²) in [7, 11) is 0. The molecule has 122 valence electrons. The molecule has 1 aliphatic rings. The molecule has 0 bridgehead atoms. The molecule has 0 radical (unpaired) electrons. The van der Waals surface area contributed by atoms with Gasteiger partial charge in [0.2, 0.25) is 5.91 Å². The van der Waals surface area contributed by atoms with E-state index in [9.17, 15) is 9.59 Å². The summed E-state index contributed by atoms with van der Waals surface area (Å²) in [4.78, 5) is 29.8. The molecule has 22 heavy (non-hydrogen) atoms. The number of carbonyl (C=O) groups excluding carboxylic acids is 2. The van der Waals surface area contributed by atoms with Crippen LogP contribution >= 0.6 is 11.3 Å². The highest BCUT2D eigenvalue weighted by Crippen LogP contribution is 2.18. The molecule has 1 atom stereocenters. The number of thiazole rings is 1. The second-order valence-electron chi connectivity index (χ2n) is 5.70. The highest BCUT2D eigenvalue weighted by Gasteiger charge is 2.17. The van der Waals surface area contributed by atoms with Gasteiger partial charge in [0.25, 0.3) is 0 Å². The van der Waals surface area contributed by atoms with Crippen molar-refractivity contribution in [1.82, 2.24) is 20.5 Å². The molecule has 3 amide bonds. The van der Waals surface area contributed by atoms with Crippen molar-refractivity contribution in [3.8, 4) is 0 Å². The number of nitrogens with one attached hydrogen (secondary N) is 2. The zero-order valence-electron chi connectivity index (χ0n) is 13.2. The lowest BCUT2D eigenvalue weighted by Gasteiger charge is -2.15. The standard InChI is InChI=1S/C15H24N4O2S/c1-11(14-18-12(2)10-22-14)9-17-15(21)16-6-5-13(20)19-7-3-4-8-19/h10-11H,3-9H2,1-2H3,(H2,16,17,21). The van der Waals surface area contributed by atoms with Crippen LogP contribution in [0.1, 0.15) is 42.8 Å². The Bertz CT molecular complexity index is 511. The molecule has 1 fully saturated rings. The van der Waals surface area contributed by atoms with Crippen LogP contribution in [0.4, 0.5) is 4.79 Å². The molecule has 0 saturated carbocycles. The predicted octanol–water partition coefficient (Wildman–Crippen LogP) is 1.87. The Morgan fingerprint density at radius 3 is 2.73 bits per heavy atom. The van der Waals surface area contributed by atoms with E-state index in [2.05, 4.69) is 15.6 Å². The van der Waals surface area contributed by atoms with Crippen LogP contribution in [0.15, 0.2) is 5.38 Å². The van der Waals surface area contributed by atoms with Gasteiger partial charge in [-0.25, -0.2) is 9.78 Å². The van der Waals surface area contributed by atoms with Crippen molar-refractivity contribution in [2.24, 2.45) is 0 Å². The monoisotopic (exact) mass is 324 g/mol. The quantitative estimate of drug-likeness (QED) is 0.839. The van der Waals surface area contributed by atoms with Crippen LogP contribution in [0.25, 0.3) is 0 Å². The van der Waals surface area contributed by atoms with Crippen LogP contribution in [0, 0.1) is 6.92 Å². The van der Waals surface area contributed by atoms with E-state index in [4.69, 9.17) is 0 Å². The van der Waals surface area contributed by atoms with Gasteiger partial charge in [0.05, 0.1) is 5.01 Å². The van der Waals surface area contributed by atoms with Gasteiger partial charge in [0.15, 0.2) is 0 Å². The van der Waals surface area contributed by atoms with E-state index in [1.54, 1.807) is 11.3 Å². The van der Waals surface area contributed by atoms with Gasteiger partial charge in [0, 0.05) is 49.6 Å². The first-order valence-corrected chi connectivity index (χ1v) is 8.65. The molecule has 1 unspecified atom stereocenters. The molecule has 1 aliphatic heterocycles. The van der Waals surface area contributed by atoms with Gasteiger partial charge >= 0.3 is 6.03 Å². The largest absolute Gasteiger partial charge is 0.343 e. The second kappa shape index (κ2) is 8.12. The third kappa shape index (κ3) is 4.98. The molecule has 0 aromatic carbocycles. The predicted molar refractivity (Wildman–Crippen MR) is 87.1 cm³/mol. The first kappa shape index (κ1) is 16.7. The highest BCUT2D eigenvalue weighted by atomic mass is 32.1. The molecule has 0 aliphatic carbocycles. The fourth-order valence-electron chi connectivity index (χ4n) is 2.40. The summed E-state index contributed by atoms with van der Waals surface area (Å²) in [5.74, 6) is 0.320. The Hall–Kier alpha value is -1.63. The molecule has 1 aromatic heterocycles. The number of likely N-dealkylation sites (tertiary alicyclic amines) is 1. The maximum Gasteiger partial charge on any atom is 0.314 e. The average Bonchev–Trinajstić information content (AvgIpc) is 3.15. The van der Waals surface area contributed by atoms with Crippen LogP contribution in [0.2, 0.25) is 0 Å². The first-order chi connectivity index (χ1) is 10.6. The van der Waals surface area contributed by atoms with Crippen molar-refractivity contribution in [3.63, 3.8) is 0 Å². The van der Waals surface area contributed by atoms with Gasteiger partial charge in [-0.2, -0.15) is 0 Å². The van der Waals surface area contributed by atoms with E-state index in [1.165, 1.54) is 0 Å². The summed E-state index contributed by atoms with van der Waals surface area (Å²) in [6.07, 6.45) is 2.55. The summed E-state index contributed by atoms with van der Waals surface area (Å²) in [6.45, 7) is 6.63. The van der Waals surface area contributed by atoms with Crippen molar-refractivity contribution in [2.45, 2.75) is 39.0 Å². The minimum Gasteiger partial charge on any atom is -0.343 e. The average molecular weight is 324 g/mol. The Labute approximate surface area is 135 Å². The van der Waals surface area contributed by atoms with Gasteiger partial charge in [-0.05, 0) is 19.8 Å². The Kier molecular flexibility index (Phi) is 6.18. The van der Waals surface area contributed by atoms with Crippen LogP contribution in [-0.2, 0) is 4.79 Å². The van der Waals surface area contributed by atoms with Crippen LogP contribution in [0.3, 0.4) is 0 Å². The van der Waals surface area contributed by atoms with Crippen LogP contribution in [0.5, 0.6) is 0 Å². The fourth-order valence-corrected chi connectivity index (χ4v) is 3.26. The van der Waals surface area contributed by atoms with Crippen LogP contribution < -0.4 is 10.6 Å². The maximum absolute atomic E-state index is 11.8. The summed E-state index contributed by atoms with van der Waals surface area (Å²) in [6, 6.07) is -0.227. The van der Waals surface area contributed by atoms with Crippen molar-refractivity contribution in [2.75, 3.05) is 26.2 Å². The van der Waals surface area contributed by atoms with E-state index >= 15 is 0 Å². The summed E-state index contributed by atoms with van der Waals surface area (Å²) < 4.78 is 0. The third-order valence-electron chi connectivity index (χ3n) is 3.71. The van der Waals surface area contributed by atoms with E-state index in [1.807, 2.05) is 24.1 Å². The lowest BCUT2D eigenvalue weighted by atomic mass is 10.2. The summed E-state index contributed by atoms with van der Waals surface area (Å²) in [5.41, 5.74) is 1.01. The molecule has 7 heteroatoms. The summed E-state index contributed by atoms with van der Waals surface area (Å²) in [5, 5.41) is 8.60. The van der Waals surface area contributed by atoms with Gasteiger partial charge in [0.1, 0.15) is 0 Å². The zero-order chi connectivity index (χ0) is 15.9. The van der Waals surface area contributed by atoms with E-state index < -0.39 is 0 Å². The van der Waals surface area contributed by atoms with Gasteiger partial charge < -0.3 is 15.5 Å². The molecule has 1 saturated heterocycles. The molecule has 6 nitrogen and oxygen atoms in total. The van der Waals surface area contributed by atoms with E-state index in [0.29, 0.717) is 19.5 Å². The highest BCUT2D eigenvalue weighted by molar-refractivity contribution is 7.09. The Morgan fingerprint density at radius 2 is 2.09 bits per heavy atom. The molecule has 2 heterocycles. The Morgan fingerprint density at radius 1 is 1.36 bits per heavy atom. The third-order valence-corrected chi connectivity index (χ3v) is 4.90. The number of amides is 3. The maximum atomic E-state index is 11.8. The van der Waals surface area contributed by atoms with Gasteiger partial charge in [-0.15, -0.1) is 11.3 Å². The molecular weight excluding hydrogens is 300 g/mol. The Balaban J connectivity index is 1.60. The SMILES string of the molecule is Cc1csc(C(C)CNC(=O)NCCC(=O)N2CCCC2)n1. The minimum absolute atomic E-state index is 0.129. The van der Waals surface area contributed by atoms with Crippen molar-refractivity contribution < 1.29 is 9.59 Å². The second-order valence-corrected chi connectivity index (χ2v) is 6.59. The fraction of sp³-hybridized carbons (Fsp3) is 0.667. The number of hydrogen-bond donors (Lipinski definition) is 2. The molecule has 2 N–H and O–H groups in total. The number of aryl methyl sites for hydroxylation is 1. The molecular formula is C15H24N4O2S. The van der Waals surface area contributed by atoms with Crippen molar-refractivity contribution >= 4 is 23.3 Å². The van der Waals surface area contributed by atoms with Crippen LogP contribution in [-0.4, -0.2) is 48.0 Å². The van der Waals surface area contributed by atoms with Gasteiger partial charge in [-0.3, -0.25) is 4.79 Å². The number of aromatic nitrogens is 1. The first-order valence-electron chi connectivity index (χ1n) is 7.77. The number of hydrogen-bond acceptors (Lipinski definition) is 4. The lowest BCUT2D eigenvalue weighted by Crippen LogP contribution is -2.39. The number of carbonyl (C=O) groups is 2. The zero-order valence-corrected chi connectivity index (χ0v) is 14.0. The number of urea groups is 1. The topological polar surface area (TPSA) is 74.3 Å². The molecule has 2 rings (SSSR count). The molecule has 0 spiro atoms. The molecule has 1 aromatic rings. The number of rotatable bonds is 6. The normalized spacial score (nSPS) is 15.6. The van der Waals surface area contributed by atoms with E-state index in [0.717, 1.165) is 36.6 Å². The minimum atomic E-state index is -0.227. The lowest BCUT2D eigenvalue weighted by molar-refractivity contribution is -0.129. The smallest absolute Gasteiger partial charge is 0.314 e. The number of nitrogens with zero attached hydrogens (tertiary/aromatic N) is 2. The van der Waals surface area contributed by atoms with Crippen molar-refractivity contribution in [3.05, 3.63) is 16.1 Å². The van der Waals surface area contributed by atoms with E-state index in [-0.39, 0.29) is 17.9 Å². The summed E-state index contributed by atoms with van der Waals surface area (Å²) >= 11 is 1.61. The van der Waals surface area contributed by atoms with Gasteiger partial charge in [-0.1, -0.05) is 6.92 Å².